The predicted octanol–water partition coefficient (Wildman–Crippen LogP) is 1.84. The molecule has 2 aliphatic heterocycles. The first-order valence-corrected chi connectivity index (χ1v) is 9.29. The van der Waals surface area contributed by atoms with Gasteiger partial charge in [0.1, 0.15) is 0 Å². The Hall–Kier alpha value is -0.230. The Kier molecular flexibility index (Phi) is 7.37. The minimum Gasteiger partial charge on any atom is -0.402 e. The van der Waals surface area contributed by atoms with E-state index < -0.39 is 0 Å². The van der Waals surface area contributed by atoms with E-state index in [0.717, 1.165) is 24.6 Å². The number of rotatable bonds is 3. The highest BCUT2D eigenvalue weighted by Crippen LogP contribution is 2.25. The van der Waals surface area contributed by atoms with Gasteiger partial charge in [0.15, 0.2) is 0 Å². The second-order valence-electron chi connectivity index (χ2n) is 6.55. The fourth-order valence-corrected chi connectivity index (χ4v) is 4.37. The molecule has 2 heterocycles. The quantitative estimate of drug-likeness (QED) is 0.599. The fraction of sp³-hybridized carbons (Fsp3) is 0.875. The molecular formula is C16H32N4S. The molecule has 122 valence electrons. The Morgan fingerprint density at radius 3 is 2.71 bits per heavy atom. The first-order valence-electron chi connectivity index (χ1n) is 8.41. The SMILES string of the molecule is CNSC1CNC(C2CCNCC2)CC[C@H](C)/C=C(/N)C1. The molecule has 1 fully saturated rings. The third kappa shape index (κ3) is 5.81. The molecule has 2 rings (SSSR count). The summed E-state index contributed by atoms with van der Waals surface area (Å²) >= 11 is 1.80. The van der Waals surface area contributed by atoms with Gasteiger partial charge in [-0.25, -0.2) is 0 Å². The normalized spacial score (nSPS) is 35.9. The minimum absolute atomic E-state index is 0.515. The molecule has 0 bridgehead atoms. The van der Waals surface area contributed by atoms with Crippen molar-refractivity contribution in [2.24, 2.45) is 17.6 Å². The number of allylic oxidation sites excluding steroid dienone is 2. The molecule has 0 saturated carbocycles. The van der Waals surface area contributed by atoms with Crippen LogP contribution in [-0.4, -0.2) is 38.0 Å². The lowest BCUT2D eigenvalue weighted by Gasteiger charge is -2.34. The van der Waals surface area contributed by atoms with Crippen LogP contribution in [0, 0.1) is 11.8 Å². The van der Waals surface area contributed by atoms with Crippen LogP contribution in [0.1, 0.15) is 39.0 Å². The van der Waals surface area contributed by atoms with Gasteiger partial charge in [0.05, 0.1) is 0 Å². The average molecular weight is 313 g/mol. The van der Waals surface area contributed by atoms with Crippen molar-refractivity contribution < 1.29 is 0 Å². The third-order valence-electron chi connectivity index (χ3n) is 4.74. The molecule has 0 radical (unpaired) electrons. The Balaban J connectivity index is 2.00. The molecule has 5 heteroatoms. The summed E-state index contributed by atoms with van der Waals surface area (Å²) in [5.74, 6) is 1.42. The van der Waals surface area contributed by atoms with E-state index in [0.29, 0.717) is 17.2 Å². The van der Waals surface area contributed by atoms with Crippen molar-refractivity contribution in [3.63, 3.8) is 0 Å². The third-order valence-corrected chi connectivity index (χ3v) is 5.64. The lowest BCUT2D eigenvalue weighted by Crippen LogP contribution is -2.44. The van der Waals surface area contributed by atoms with Gasteiger partial charge in [-0.2, -0.15) is 0 Å². The van der Waals surface area contributed by atoms with E-state index in [1.165, 1.54) is 38.8 Å². The predicted molar refractivity (Wildman–Crippen MR) is 93.1 cm³/mol. The van der Waals surface area contributed by atoms with Crippen LogP contribution in [-0.2, 0) is 0 Å². The standard InChI is InChI=1S/C16H32N4S/c1-12-3-4-16(13-5-7-19-8-6-13)20-11-15(21-18-2)10-14(17)9-12/h9,12-13,15-16,18-20H,3-8,10-11,17H2,1-2H3/b14-9+/t12-,15?,16?/m0/s1. The van der Waals surface area contributed by atoms with E-state index in [1.54, 1.807) is 11.9 Å². The highest BCUT2D eigenvalue weighted by atomic mass is 32.2. The van der Waals surface area contributed by atoms with Gasteiger partial charge in [-0.3, -0.25) is 4.72 Å². The summed E-state index contributed by atoms with van der Waals surface area (Å²) in [4.78, 5) is 0. The summed E-state index contributed by atoms with van der Waals surface area (Å²) in [5, 5.41) is 7.86. The van der Waals surface area contributed by atoms with Crippen molar-refractivity contribution in [3.8, 4) is 0 Å². The number of piperidine rings is 1. The van der Waals surface area contributed by atoms with Crippen LogP contribution in [0.5, 0.6) is 0 Å². The van der Waals surface area contributed by atoms with Gasteiger partial charge >= 0.3 is 0 Å². The maximum absolute atomic E-state index is 6.20. The van der Waals surface area contributed by atoms with Gasteiger partial charge in [-0.15, -0.1) is 0 Å². The Labute approximate surface area is 134 Å². The fourth-order valence-electron chi connectivity index (χ4n) is 3.58. The zero-order valence-corrected chi connectivity index (χ0v) is 14.3. The molecule has 4 nitrogen and oxygen atoms in total. The molecule has 0 spiro atoms. The van der Waals surface area contributed by atoms with Crippen molar-refractivity contribution in [3.05, 3.63) is 11.8 Å². The molecule has 1 saturated heterocycles. The average Bonchev–Trinajstić information content (AvgIpc) is 2.47. The molecule has 0 aromatic carbocycles. The molecule has 0 aliphatic carbocycles. The van der Waals surface area contributed by atoms with Crippen LogP contribution in [0.3, 0.4) is 0 Å². The highest BCUT2D eigenvalue weighted by molar-refractivity contribution is 7.98. The number of nitrogens with two attached hydrogens (primary N) is 1. The zero-order chi connectivity index (χ0) is 15.1. The van der Waals surface area contributed by atoms with Crippen molar-refractivity contribution in [1.82, 2.24) is 15.4 Å². The summed E-state index contributed by atoms with van der Waals surface area (Å²) < 4.78 is 3.23. The molecule has 5 N–H and O–H groups in total. The molecule has 21 heavy (non-hydrogen) atoms. The number of hydrogen-bond donors (Lipinski definition) is 4. The topological polar surface area (TPSA) is 62.1 Å². The van der Waals surface area contributed by atoms with Crippen molar-refractivity contribution in [2.75, 3.05) is 26.7 Å². The molecule has 2 aliphatic rings. The molecular weight excluding hydrogens is 280 g/mol. The molecule has 0 amide bonds. The molecule has 0 aromatic rings. The Morgan fingerprint density at radius 2 is 2.00 bits per heavy atom. The maximum Gasteiger partial charge on any atom is 0.0371 e. The summed E-state index contributed by atoms with van der Waals surface area (Å²) in [6, 6.07) is 0.669. The number of nitrogens with one attached hydrogen (secondary N) is 3. The second kappa shape index (κ2) is 9.03. The van der Waals surface area contributed by atoms with Gasteiger partial charge in [-0.05, 0) is 57.7 Å². The van der Waals surface area contributed by atoms with Crippen molar-refractivity contribution >= 4 is 11.9 Å². The molecule has 0 aromatic heterocycles. The Morgan fingerprint density at radius 1 is 1.24 bits per heavy atom. The van der Waals surface area contributed by atoms with E-state index in [9.17, 15) is 0 Å². The van der Waals surface area contributed by atoms with Crippen LogP contribution in [0.25, 0.3) is 0 Å². The second-order valence-corrected chi connectivity index (χ2v) is 7.86. The largest absolute Gasteiger partial charge is 0.402 e. The first kappa shape index (κ1) is 17.1. The van der Waals surface area contributed by atoms with Crippen molar-refractivity contribution in [1.29, 1.82) is 0 Å². The van der Waals surface area contributed by atoms with E-state index in [4.69, 9.17) is 5.73 Å². The molecule has 2 unspecified atom stereocenters. The van der Waals surface area contributed by atoms with E-state index in [2.05, 4.69) is 28.4 Å². The Bertz CT molecular complexity index is 328. The van der Waals surface area contributed by atoms with Gasteiger partial charge in [0, 0.05) is 30.0 Å². The van der Waals surface area contributed by atoms with Gasteiger partial charge < -0.3 is 16.4 Å². The molecule has 3 atom stereocenters. The van der Waals surface area contributed by atoms with E-state index >= 15 is 0 Å². The lowest BCUT2D eigenvalue weighted by atomic mass is 9.85. The summed E-state index contributed by atoms with van der Waals surface area (Å²) in [6.07, 6.45) is 8.40. The van der Waals surface area contributed by atoms with E-state index in [-0.39, 0.29) is 0 Å². The minimum atomic E-state index is 0.515. The summed E-state index contributed by atoms with van der Waals surface area (Å²) in [6.45, 7) is 5.71. The summed E-state index contributed by atoms with van der Waals surface area (Å²) in [5.41, 5.74) is 7.25. The zero-order valence-electron chi connectivity index (χ0n) is 13.5. The smallest absolute Gasteiger partial charge is 0.0371 e. The number of hydrogen-bond acceptors (Lipinski definition) is 5. The maximum atomic E-state index is 6.20. The lowest BCUT2D eigenvalue weighted by molar-refractivity contribution is 0.259. The van der Waals surface area contributed by atoms with Gasteiger partial charge in [0.2, 0.25) is 0 Å². The van der Waals surface area contributed by atoms with Crippen LogP contribution < -0.4 is 21.1 Å². The van der Waals surface area contributed by atoms with Gasteiger partial charge in [-0.1, -0.05) is 24.9 Å². The van der Waals surface area contributed by atoms with E-state index in [1.807, 2.05) is 7.05 Å². The van der Waals surface area contributed by atoms with Crippen molar-refractivity contribution in [2.45, 2.75) is 50.3 Å². The monoisotopic (exact) mass is 312 g/mol. The first-order chi connectivity index (χ1) is 10.2. The van der Waals surface area contributed by atoms with Gasteiger partial charge in [0.25, 0.3) is 0 Å². The highest BCUT2D eigenvalue weighted by Gasteiger charge is 2.25. The van der Waals surface area contributed by atoms with Crippen LogP contribution in [0.15, 0.2) is 11.8 Å². The van der Waals surface area contributed by atoms with Crippen LogP contribution in [0.4, 0.5) is 0 Å². The van der Waals surface area contributed by atoms with Crippen LogP contribution in [0.2, 0.25) is 0 Å². The van der Waals surface area contributed by atoms with Crippen LogP contribution >= 0.6 is 11.9 Å². The summed E-state index contributed by atoms with van der Waals surface area (Å²) in [7, 11) is 2.00.